The summed E-state index contributed by atoms with van der Waals surface area (Å²) in [4.78, 5) is 20.1. The molecule has 0 saturated carbocycles. The van der Waals surface area contributed by atoms with Crippen molar-refractivity contribution in [2.24, 2.45) is 0 Å². The minimum Gasteiger partial charge on any atom is -0.497 e. The van der Waals surface area contributed by atoms with E-state index in [-0.39, 0.29) is 16.9 Å². The number of ether oxygens (including phenoxy) is 3. The molecular weight excluding hydrogens is 355 g/mol. The van der Waals surface area contributed by atoms with Crippen LogP contribution in [0.5, 0.6) is 11.5 Å². The summed E-state index contributed by atoms with van der Waals surface area (Å²) in [6, 6.07) is 5.21. The first-order valence-corrected chi connectivity index (χ1v) is 7.71. The van der Waals surface area contributed by atoms with Crippen molar-refractivity contribution in [1.29, 1.82) is 0 Å². The van der Waals surface area contributed by atoms with Crippen LogP contribution >= 0.6 is 23.2 Å². The summed E-state index contributed by atoms with van der Waals surface area (Å²) in [6.07, 6.45) is 1.74. The number of nitrogens with zero attached hydrogens (tertiary/aromatic N) is 2. The summed E-state index contributed by atoms with van der Waals surface area (Å²) in [5, 5.41) is 0.236. The number of esters is 1. The molecule has 1 aromatic heterocycles. The van der Waals surface area contributed by atoms with Gasteiger partial charge in [0.2, 0.25) is 5.28 Å². The molecule has 0 radical (unpaired) electrons. The zero-order valence-electron chi connectivity index (χ0n) is 13.4. The second-order valence-corrected chi connectivity index (χ2v) is 5.58. The first-order chi connectivity index (χ1) is 11.5. The highest BCUT2D eigenvalue weighted by atomic mass is 35.5. The molecule has 0 aliphatic rings. The second-order valence-electron chi connectivity index (χ2n) is 4.88. The van der Waals surface area contributed by atoms with Gasteiger partial charge in [0.05, 0.1) is 27.2 Å². The molecule has 6 nitrogen and oxygen atoms in total. The number of carbonyl (C=O) groups excluding carboxylic acids is 1. The van der Waals surface area contributed by atoms with Crippen LogP contribution in [0, 0.1) is 0 Å². The smallest absolute Gasteiger partial charge is 0.313 e. The van der Waals surface area contributed by atoms with Gasteiger partial charge in [-0.25, -0.2) is 9.97 Å². The SMILES string of the molecule is COC(=O)C(Cc1cnc(Cl)nc1Cl)c1cc(OC)cc(OC)c1. The Bertz CT molecular complexity index is 718. The average Bonchev–Trinajstić information content (AvgIpc) is 2.59. The third kappa shape index (κ3) is 4.27. The lowest BCUT2D eigenvalue weighted by Gasteiger charge is -2.17. The van der Waals surface area contributed by atoms with Gasteiger partial charge in [-0.05, 0) is 35.7 Å². The van der Waals surface area contributed by atoms with Crippen molar-refractivity contribution < 1.29 is 19.0 Å². The normalized spacial score (nSPS) is 11.7. The van der Waals surface area contributed by atoms with E-state index in [2.05, 4.69) is 9.97 Å². The second kappa shape index (κ2) is 8.17. The molecule has 0 aliphatic heterocycles. The lowest BCUT2D eigenvalue weighted by atomic mass is 9.92. The zero-order valence-corrected chi connectivity index (χ0v) is 14.9. The molecule has 2 rings (SSSR count). The highest BCUT2D eigenvalue weighted by Crippen LogP contribution is 2.31. The van der Waals surface area contributed by atoms with E-state index in [0.29, 0.717) is 22.6 Å². The van der Waals surface area contributed by atoms with E-state index in [1.54, 1.807) is 18.2 Å². The molecule has 1 atom stereocenters. The lowest BCUT2D eigenvalue weighted by Crippen LogP contribution is -2.17. The Labute approximate surface area is 149 Å². The molecule has 24 heavy (non-hydrogen) atoms. The number of methoxy groups -OCH3 is 3. The van der Waals surface area contributed by atoms with Gasteiger partial charge in [0.25, 0.3) is 0 Å². The minimum absolute atomic E-state index is 0.0430. The van der Waals surface area contributed by atoms with Gasteiger partial charge in [-0.1, -0.05) is 11.6 Å². The van der Waals surface area contributed by atoms with E-state index in [9.17, 15) is 4.79 Å². The van der Waals surface area contributed by atoms with Crippen molar-refractivity contribution in [1.82, 2.24) is 9.97 Å². The van der Waals surface area contributed by atoms with E-state index in [4.69, 9.17) is 37.4 Å². The summed E-state index contributed by atoms with van der Waals surface area (Å²) in [5.41, 5.74) is 1.25. The Kier molecular flexibility index (Phi) is 6.23. The fraction of sp³-hybridized carbons (Fsp3) is 0.312. The number of benzene rings is 1. The zero-order chi connectivity index (χ0) is 17.7. The first kappa shape index (κ1) is 18.3. The van der Waals surface area contributed by atoms with Crippen LogP contribution in [0.25, 0.3) is 0 Å². The number of rotatable bonds is 6. The van der Waals surface area contributed by atoms with Crippen molar-refractivity contribution >= 4 is 29.2 Å². The summed E-state index contributed by atoms with van der Waals surface area (Å²) >= 11 is 11.8. The molecule has 1 aromatic carbocycles. The Morgan fingerprint density at radius 2 is 1.75 bits per heavy atom. The van der Waals surface area contributed by atoms with Crippen LogP contribution < -0.4 is 9.47 Å². The molecule has 8 heteroatoms. The van der Waals surface area contributed by atoms with Gasteiger partial charge in [-0.15, -0.1) is 0 Å². The van der Waals surface area contributed by atoms with Crippen LogP contribution in [0.4, 0.5) is 0 Å². The van der Waals surface area contributed by atoms with Gasteiger partial charge in [0.15, 0.2) is 0 Å². The van der Waals surface area contributed by atoms with E-state index >= 15 is 0 Å². The van der Waals surface area contributed by atoms with Gasteiger partial charge in [0.1, 0.15) is 16.7 Å². The highest BCUT2D eigenvalue weighted by molar-refractivity contribution is 6.32. The third-order valence-corrected chi connectivity index (χ3v) is 3.98. The molecule has 128 valence electrons. The molecule has 1 unspecified atom stereocenters. The largest absolute Gasteiger partial charge is 0.497 e. The molecule has 0 N–H and O–H groups in total. The predicted molar refractivity (Wildman–Crippen MR) is 90.1 cm³/mol. The van der Waals surface area contributed by atoms with Crippen LogP contribution in [0.15, 0.2) is 24.4 Å². The Hall–Kier alpha value is -2.05. The van der Waals surface area contributed by atoms with Gasteiger partial charge in [-0.2, -0.15) is 0 Å². The average molecular weight is 371 g/mol. The van der Waals surface area contributed by atoms with Crippen molar-refractivity contribution in [2.45, 2.75) is 12.3 Å². The topological polar surface area (TPSA) is 70.5 Å². The van der Waals surface area contributed by atoms with Crippen molar-refractivity contribution in [2.75, 3.05) is 21.3 Å². The first-order valence-electron chi connectivity index (χ1n) is 6.96. The molecular formula is C16H16Cl2N2O4. The molecule has 2 aromatic rings. The van der Waals surface area contributed by atoms with Crippen LogP contribution in [0.2, 0.25) is 10.4 Å². The Balaban J connectivity index is 2.43. The molecule has 0 spiro atoms. The molecule has 0 amide bonds. The maximum atomic E-state index is 12.3. The van der Waals surface area contributed by atoms with Gasteiger partial charge >= 0.3 is 5.97 Å². The number of hydrogen-bond donors (Lipinski definition) is 0. The monoisotopic (exact) mass is 370 g/mol. The van der Waals surface area contributed by atoms with Crippen molar-refractivity contribution in [3.8, 4) is 11.5 Å². The Morgan fingerprint density at radius 1 is 1.12 bits per heavy atom. The summed E-state index contributed by atoms with van der Waals surface area (Å²) in [7, 11) is 4.40. The quantitative estimate of drug-likeness (QED) is 0.441. The highest BCUT2D eigenvalue weighted by Gasteiger charge is 2.25. The number of carbonyl (C=O) groups is 1. The predicted octanol–water partition coefficient (Wildman–Crippen LogP) is 3.30. The fourth-order valence-electron chi connectivity index (χ4n) is 2.23. The van der Waals surface area contributed by atoms with Crippen LogP contribution in [-0.2, 0) is 16.0 Å². The van der Waals surface area contributed by atoms with Gasteiger partial charge in [0, 0.05) is 17.8 Å². The molecule has 0 fully saturated rings. The van der Waals surface area contributed by atoms with Crippen LogP contribution in [-0.4, -0.2) is 37.3 Å². The maximum absolute atomic E-state index is 12.3. The van der Waals surface area contributed by atoms with Crippen LogP contribution in [0.1, 0.15) is 17.0 Å². The fourth-order valence-corrected chi connectivity index (χ4v) is 2.62. The summed E-state index contributed by atoms with van der Waals surface area (Å²) in [5.74, 6) is 0.0889. The number of halogens is 2. The number of hydrogen-bond acceptors (Lipinski definition) is 6. The van der Waals surface area contributed by atoms with E-state index < -0.39 is 11.9 Å². The standard InChI is InChI=1S/C16H16Cl2N2O4/c1-22-11-4-9(5-12(7-11)23-2)13(15(21)24-3)6-10-8-19-16(18)20-14(10)17/h4-5,7-8,13H,6H2,1-3H3. The van der Waals surface area contributed by atoms with E-state index in [1.165, 1.54) is 27.5 Å². The minimum atomic E-state index is -0.624. The van der Waals surface area contributed by atoms with Gasteiger partial charge in [-0.3, -0.25) is 4.79 Å². The van der Waals surface area contributed by atoms with Gasteiger partial charge < -0.3 is 14.2 Å². The van der Waals surface area contributed by atoms with Crippen LogP contribution in [0.3, 0.4) is 0 Å². The molecule has 0 bridgehead atoms. The van der Waals surface area contributed by atoms with E-state index in [1.807, 2.05) is 0 Å². The summed E-state index contributed by atoms with van der Waals surface area (Å²) < 4.78 is 15.4. The van der Waals surface area contributed by atoms with Crippen molar-refractivity contribution in [3.05, 3.63) is 46.0 Å². The Morgan fingerprint density at radius 3 is 2.25 bits per heavy atom. The number of aromatic nitrogens is 2. The maximum Gasteiger partial charge on any atom is 0.313 e. The molecule has 0 saturated heterocycles. The van der Waals surface area contributed by atoms with Crippen molar-refractivity contribution in [3.63, 3.8) is 0 Å². The third-order valence-electron chi connectivity index (χ3n) is 3.47. The molecule has 0 aliphatic carbocycles. The van der Waals surface area contributed by atoms with E-state index in [0.717, 1.165) is 0 Å². The molecule has 1 heterocycles. The summed E-state index contributed by atoms with van der Waals surface area (Å²) in [6.45, 7) is 0. The lowest BCUT2D eigenvalue weighted by molar-refractivity contribution is -0.142.